The van der Waals surface area contributed by atoms with E-state index in [9.17, 15) is 0 Å². The Morgan fingerprint density at radius 1 is 0.760 bits per heavy atom. The first-order valence-corrected chi connectivity index (χ1v) is 8.87. The van der Waals surface area contributed by atoms with E-state index in [0.29, 0.717) is 0 Å². The molecule has 0 saturated heterocycles. The van der Waals surface area contributed by atoms with Crippen molar-refractivity contribution in [3.05, 3.63) is 95.6 Å². The molecule has 0 radical (unpaired) electrons. The average Bonchev–Trinajstić information content (AvgIpc) is 2.68. The van der Waals surface area contributed by atoms with E-state index in [1.54, 1.807) is 0 Å². The molecule has 0 aliphatic carbocycles. The predicted octanol–water partition coefficient (Wildman–Crippen LogP) is 6.00. The van der Waals surface area contributed by atoms with Crippen LogP contribution in [0.4, 0.5) is 11.4 Å². The van der Waals surface area contributed by atoms with Crippen LogP contribution in [-0.2, 0) is 12.8 Å². The molecule has 0 heterocycles. The number of nitrogens with one attached hydrogen (secondary N) is 1. The third-order valence-electron chi connectivity index (χ3n) is 4.20. The lowest BCUT2D eigenvalue weighted by atomic mass is 10.1. The van der Waals surface area contributed by atoms with Crippen LogP contribution in [-0.4, -0.2) is 5.84 Å². The second-order valence-electron chi connectivity index (χ2n) is 6.03. The minimum Gasteiger partial charge on any atom is -0.340 e. The summed E-state index contributed by atoms with van der Waals surface area (Å²) in [6.07, 6.45) is 2.03. The third kappa shape index (κ3) is 4.57. The zero-order valence-corrected chi connectivity index (χ0v) is 14.9. The molecule has 0 atom stereocenters. The number of hydrogen-bond acceptors (Lipinski definition) is 1. The van der Waals surface area contributed by atoms with Crippen LogP contribution < -0.4 is 5.32 Å². The zero-order valence-electron chi connectivity index (χ0n) is 14.9. The van der Waals surface area contributed by atoms with Crippen LogP contribution in [0.1, 0.15) is 30.5 Å². The number of aliphatic imine (C=N–C) groups is 1. The SMILES string of the molecule is CCc1cccc(/N=C(/Nc2cccc(CC)c2)c2ccccc2)c1. The van der Waals surface area contributed by atoms with Crippen LogP contribution in [0.2, 0.25) is 0 Å². The molecule has 0 bridgehead atoms. The summed E-state index contributed by atoms with van der Waals surface area (Å²) in [5, 5.41) is 3.51. The maximum absolute atomic E-state index is 4.89. The molecule has 0 aromatic heterocycles. The lowest BCUT2D eigenvalue weighted by Crippen LogP contribution is -2.13. The summed E-state index contributed by atoms with van der Waals surface area (Å²) in [4.78, 5) is 4.89. The number of hydrogen-bond donors (Lipinski definition) is 1. The number of aryl methyl sites for hydroxylation is 2. The van der Waals surface area contributed by atoms with Crippen LogP contribution in [0, 0.1) is 0 Å². The summed E-state index contributed by atoms with van der Waals surface area (Å²) in [6.45, 7) is 4.33. The molecule has 0 fully saturated rings. The monoisotopic (exact) mass is 328 g/mol. The van der Waals surface area contributed by atoms with Crippen LogP contribution in [0.3, 0.4) is 0 Å². The smallest absolute Gasteiger partial charge is 0.138 e. The van der Waals surface area contributed by atoms with Gasteiger partial charge in [-0.2, -0.15) is 0 Å². The Hall–Kier alpha value is -2.87. The second kappa shape index (κ2) is 8.29. The van der Waals surface area contributed by atoms with Gasteiger partial charge in [-0.15, -0.1) is 0 Å². The molecule has 0 unspecified atom stereocenters. The van der Waals surface area contributed by atoms with Gasteiger partial charge < -0.3 is 5.32 Å². The molecule has 0 spiro atoms. The van der Waals surface area contributed by atoms with E-state index in [2.05, 4.69) is 73.8 Å². The van der Waals surface area contributed by atoms with Gasteiger partial charge in [-0.1, -0.05) is 68.4 Å². The summed E-state index contributed by atoms with van der Waals surface area (Å²) in [5.41, 5.74) is 5.71. The number of rotatable bonds is 5. The number of benzene rings is 3. The van der Waals surface area contributed by atoms with Gasteiger partial charge in [0.25, 0.3) is 0 Å². The van der Waals surface area contributed by atoms with Gasteiger partial charge >= 0.3 is 0 Å². The van der Waals surface area contributed by atoms with Crippen molar-refractivity contribution in [3.63, 3.8) is 0 Å². The summed E-state index contributed by atoms with van der Waals surface area (Å²) >= 11 is 0. The molecule has 2 heteroatoms. The van der Waals surface area contributed by atoms with E-state index >= 15 is 0 Å². The van der Waals surface area contributed by atoms with Crippen molar-refractivity contribution in [1.82, 2.24) is 0 Å². The summed E-state index contributed by atoms with van der Waals surface area (Å²) in [6, 6.07) is 27.2. The molecule has 0 amide bonds. The molecular weight excluding hydrogens is 304 g/mol. The normalized spacial score (nSPS) is 11.4. The van der Waals surface area contributed by atoms with Gasteiger partial charge in [0.2, 0.25) is 0 Å². The highest BCUT2D eigenvalue weighted by atomic mass is 15.0. The Labute approximate surface area is 150 Å². The van der Waals surface area contributed by atoms with Crippen molar-refractivity contribution in [2.45, 2.75) is 26.7 Å². The molecule has 2 nitrogen and oxygen atoms in total. The number of amidine groups is 1. The first kappa shape index (κ1) is 17.0. The standard InChI is InChI=1S/C23H24N2/c1-3-18-10-8-14-21(16-18)24-23(20-12-6-5-7-13-20)25-22-15-9-11-19(4-2)17-22/h5-17H,3-4H2,1-2H3,(H,24,25). The molecule has 0 saturated carbocycles. The highest BCUT2D eigenvalue weighted by Crippen LogP contribution is 2.19. The number of anilines is 1. The molecule has 3 aromatic carbocycles. The quantitative estimate of drug-likeness (QED) is 0.451. The van der Waals surface area contributed by atoms with Crippen molar-refractivity contribution in [2.75, 3.05) is 5.32 Å². The van der Waals surface area contributed by atoms with Gasteiger partial charge in [0.1, 0.15) is 5.84 Å². The Bertz CT molecular complexity index is 851. The van der Waals surface area contributed by atoms with Gasteiger partial charge in [-0.05, 0) is 48.2 Å². The lowest BCUT2D eigenvalue weighted by Gasteiger charge is -2.12. The highest BCUT2D eigenvalue weighted by molar-refractivity contribution is 6.09. The molecule has 3 rings (SSSR count). The fourth-order valence-corrected chi connectivity index (χ4v) is 2.74. The minimum atomic E-state index is 0.863. The Morgan fingerprint density at radius 2 is 1.44 bits per heavy atom. The summed E-state index contributed by atoms with van der Waals surface area (Å²) < 4.78 is 0. The second-order valence-corrected chi connectivity index (χ2v) is 6.03. The van der Waals surface area contributed by atoms with Crippen molar-refractivity contribution < 1.29 is 0 Å². The van der Waals surface area contributed by atoms with Crippen molar-refractivity contribution in [3.8, 4) is 0 Å². The van der Waals surface area contributed by atoms with Crippen molar-refractivity contribution in [1.29, 1.82) is 0 Å². The van der Waals surface area contributed by atoms with Gasteiger partial charge in [0, 0.05) is 11.3 Å². The van der Waals surface area contributed by atoms with Gasteiger partial charge in [0.15, 0.2) is 0 Å². The Kier molecular flexibility index (Phi) is 5.63. The van der Waals surface area contributed by atoms with Crippen molar-refractivity contribution >= 4 is 17.2 Å². The summed E-state index contributed by atoms with van der Waals surface area (Å²) in [7, 11) is 0. The van der Waals surface area contributed by atoms with Gasteiger partial charge in [0.05, 0.1) is 5.69 Å². The molecule has 1 N–H and O–H groups in total. The molecule has 0 aliphatic heterocycles. The van der Waals surface area contributed by atoms with Crippen LogP contribution in [0.15, 0.2) is 83.9 Å². The highest BCUT2D eigenvalue weighted by Gasteiger charge is 2.05. The molecule has 126 valence electrons. The van der Waals surface area contributed by atoms with E-state index in [1.807, 2.05) is 24.3 Å². The first-order valence-electron chi connectivity index (χ1n) is 8.87. The van der Waals surface area contributed by atoms with E-state index in [-0.39, 0.29) is 0 Å². The van der Waals surface area contributed by atoms with Crippen molar-refractivity contribution in [2.24, 2.45) is 4.99 Å². The molecular formula is C23H24N2. The largest absolute Gasteiger partial charge is 0.340 e. The summed E-state index contributed by atoms with van der Waals surface area (Å²) in [5.74, 6) is 0.863. The molecule has 25 heavy (non-hydrogen) atoms. The Morgan fingerprint density at radius 3 is 2.16 bits per heavy atom. The predicted molar refractivity (Wildman–Crippen MR) is 108 cm³/mol. The third-order valence-corrected chi connectivity index (χ3v) is 4.20. The van der Waals surface area contributed by atoms with E-state index in [4.69, 9.17) is 4.99 Å². The maximum Gasteiger partial charge on any atom is 0.138 e. The van der Waals surface area contributed by atoms with E-state index < -0.39 is 0 Å². The van der Waals surface area contributed by atoms with Crippen LogP contribution >= 0.6 is 0 Å². The van der Waals surface area contributed by atoms with Crippen LogP contribution in [0.25, 0.3) is 0 Å². The molecule has 3 aromatic rings. The van der Waals surface area contributed by atoms with E-state index in [1.165, 1.54) is 11.1 Å². The van der Waals surface area contributed by atoms with Gasteiger partial charge in [-0.3, -0.25) is 0 Å². The topological polar surface area (TPSA) is 24.4 Å². The fourth-order valence-electron chi connectivity index (χ4n) is 2.74. The van der Waals surface area contributed by atoms with E-state index in [0.717, 1.165) is 35.6 Å². The zero-order chi connectivity index (χ0) is 17.5. The number of nitrogens with zero attached hydrogens (tertiary/aromatic N) is 1. The fraction of sp³-hybridized carbons (Fsp3) is 0.174. The van der Waals surface area contributed by atoms with Gasteiger partial charge in [-0.25, -0.2) is 4.99 Å². The average molecular weight is 328 g/mol. The lowest BCUT2D eigenvalue weighted by molar-refractivity contribution is 1.14. The minimum absolute atomic E-state index is 0.863. The Balaban J connectivity index is 1.99. The maximum atomic E-state index is 4.89. The first-order chi connectivity index (χ1) is 12.3. The molecule has 0 aliphatic rings. The van der Waals surface area contributed by atoms with Crippen LogP contribution in [0.5, 0.6) is 0 Å².